The molecule has 0 fully saturated rings. The number of carbonyl (C=O) groups is 1. The molecule has 0 saturated carbocycles. The number of fused-ring (bicyclic) bond motifs is 4. The van der Waals surface area contributed by atoms with Crippen molar-refractivity contribution in [2.45, 2.75) is 25.7 Å². The van der Waals surface area contributed by atoms with Crippen LogP contribution in [0.15, 0.2) is 48.5 Å². The number of aryl methyl sites for hydroxylation is 1. The van der Waals surface area contributed by atoms with Crippen molar-refractivity contribution in [1.29, 1.82) is 0 Å². The van der Waals surface area contributed by atoms with Crippen molar-refractivity contribution in [2.24, 2.45) is 0 Å². The average molecular weight is 449 g/mol. The number of nitrogens with one attached hydrogen (secondary N) is 1. The van der Waals surface area contributed by atoms with Gasteiger partial charge in [-0.1, -0.05) is 25.5 Å². The van der Waals surface area contributed by atoms with E-state index in [1.165, 1.54) is 5.56 Å². The largest absolute Gasteiger partial charge is 0.507 e. The molecule has 1 atom stereocenters. The summed E-state index contributed by atoms with van der Waals surface area (Å²) in [6.45, 7) is 2.62. The lowest BCUT2D eigenvalue weighted by Crippen LogP contribution is -2.30. The number of carbonyl (C=O) groups excluding carboxylic acids is 1. The van der Waals surface area contributed by atoms with E-state index in [4.69, 9.17) is 16.3 Å². The molecule has 2 N–H and O–H groups in total. The predicted molar refractivity (Wildman–Crippen MR) is 130 cm³/mol. The van der Waals surface area contributed by atoms with Gasteiger partial charge >= 0.3 is 0 Å². The van der Waals surface area contributed by atoms with Crippen molar-refractivity contribution in [2.75, 3.05) is 24.4 Å². The molecule has 32 heavy (non-hydrogen) atoms. The van der Waals surface area contributed by atoms with Crippen molar-refractivity contribution in [1.82, 2.24) is 4.98 Å². The van der Waals surface area contributed by atoms with Crippen LogP contribution in [0.1, 0.15) is 40.9 Å². The first kappa shape index (κ1) is 20.7. The number of alkyl halides is 1. The fourth-order valence-electron chi connectivity index (χ4n) is 4.78. The third-order valence-corrected chi connectivity index (χ3v) is 6.70. The van der Waals surface area contributed by atoms with Crippen molar-refractivity contribution in [3.05, 3.63) is 65.4 Å². The monoisotopic (exact) mass is 448 g/mol. The van der Waals surface area contributed by atoms with Crippen LogP contribution in [0.3, 0.4) is 0 Å². The number of anilines is 1. The van der Waals surface area contributed by atoms with Crippen LogP contribution in [-0.4, -0.2) is 35.5 Å². The molecule has 5 nitrogen and oxygen atoms in total. The van der Waals surface area contributed by atoms with E-state index < -0.39 is 0 Å². The van der Waals surface area contributed by atoms with Crippen LogP contribution < -0.4 is 9.64 Å². The maximum Gasteiger partial charge on any atom is 0.274 e. The molecule has 0 bridgehead atoms. The van der Waals surface area contributed by atoms with Crippen LogP contribution in [0.4, 0.5) is 5.69 Å². The Balaban J connectivity index is 1.60. The average Bonchev–Trinajstić information content (AvgIpc) is 3.39. The van der Waals surface area contributed by atoms with Gasteiger partial charge in [0.25, 0.3) is 5.91 Å². The first-order valence-corrected chi connectivity index (χ1v) is 11.4. The van der Waals surface area contributed by atoms with Gasteiger partial charge in [0, 0.05) is 40.7 Å². The second-order valence-electron chi connectivity index (χ2n) is 8.36. The van der Waals surface area contributed by atoms with Gasteiger partial charge in [0.15, 0.2) is 0 Å². The highest BCUT2D eigenvalue weighted by Crippen LogP contribution is 2.46. The van der Waals surface area contributed by atoms with Gasteiger partial charge in [0.05, 0.1) is 12.8 Å². The fourth-order valence-corrected chi connectivity index (χ4v) is 5.03. The molecule has 1 amide bonds. The van der Waals surface area contributed by atoms with Gasteiger partial charge in [0.2, 0.25) is 0 Å². The molecule has 164 valence electrons. The van der Waals surface area contributed by atoms with E-state index in [-0.39, 0.29) is 17.6 Å². The molecule has 4 aromatic rings. The van der Waals surface area contributed by atoms with E-state index in [1.54, 1.807) is 18.1 Å². The lowest BCUT2D eigenvalue weighted by Gasteiger charge is -2.17. The van der Waals surface area contributed by atoms with E-state index in [9.17, 15) is 9.90 Å². The molecule has 0 unspecified atom stereocenters. The number of H-pyrrole nitrogens is 1. The fraction of sp³-hybridized carbons (Fsp3) is 0.269. The minimum atomic E-state index is -0.131. The predicted octanol–water partition coefficient (Wildman–Crippen LogP) is 5.97. The number of rotatable bonds is 5. The zero-order valence-electron chi connectivity index (χ0n) is 18.1. The number of hydrogen-bond acceptors (Lipinski definition) is 3. The highest BCUT2D eigenvalue weighted by molar-refractivity contribution is 6.19. The topological polar surface area (TPSA) is 65.6 Å². The van der Waals surface area contributed by atoms with Gasteiger partial charge in [-0.15, -0.1) is 11.6 Å². The molecule has 1 aliphatic heterocycles. The summed E-state index contributed by atoms with van der Waals surface area (Å²) in [6.07, 6.45) is 2.08. The number of phenols is 1. The van der Waals surface area contributed by atoms with E-state index in [0.717, 1.165) is 40.1 Å². The second kappa shape index (κ2) is 8.06. The molecule has 0 spiro atoms. The minimum absolute atomic E-state index is 0.0358. The Kier molecular flexibility index (Phi) is 5.22. The Bertz CT molecular complexity index is 1340. The molecular formula is C26H25ClN2O3. The first-order chi connectivity index (χ1) is 15.5. The summed E-state index contributed by atoms with van der Waals surface area (Å²) in [4.78, 5) is 18.6. The summed E-state index contributed by atoms with van der Waals surface area (Å²) in [7, 11) is 1.61. The molecule has 0 saturated heterocycles. The molecule has 6 heteroatoms. The molecule has 1 aromatic heterocycles. The number of methoxy groups -OCH3 is 1. The maximum absolute atomic E-state index is 13.6. The lowest BCUT2D eigenvalue weighted by molar-refractivity contribution is 0.0984. The van der Waals surface area contributed by atoms with Crippen molar-refractivity contribution < 1.29 is 14.6 Å². The maximum atomic E-state index is 13.6. The van der Waals surface area contributed by atoms with Gasteiger partial charge in [-0.3, -0.25) is 4.79 Å². The first-order valence-electron chi connectivity index (χ1n) is 10.9. The number of aromatic hydroxyl groups is 1. The van der Waals surface area contributed by atoms with Gasteiger partial charge in [-0.05, 0) is 53.3 Å². The summed E-state index contributed by atoms with van der Waals surface area (Å²) < 4.78 is 5.39. The second-order valence-corrected chi connectivity index (χ2v) is 8.67. The summed E-state index contributed by atoms with van der Waals surface area (Å²) in [5.41, 5.74) is 4.41. The number of aromatic amines is 1. The number of nitrogens with zero attached hydrogens (tertiary/aromatic N) is 1. The Morgan fingerprint density at radius 1 is 1.19 bits per heavy atom. The SMILES string of the molecule is CCCc1ccc2cc(C(=O)N3C[C@@H](CCl)c4c3cc(O)c3ccc(OC)cc43)[nH]c2c1. The van der Waals surface area contributed by atoms with Gasteiger partial charge in [0.1, 0.15) is 17.2 Å². The third kappa shape index (κ3) is 3.28. The standard InChI is InChI=1S/C26H25ClN2O3/c1-3-4-15-5-6-16-10-22(28-21(16)9-15)26(31)29-14-17(13-27)25-20-11-18(32-2)7-8-19(20)24(30)12-23(25)29/h5-12,17,28,30H,3-4,13-14H2,1-2H3/t17-/m1/s1. The quantitative estimate of drug-likeness (QED) is 0.369. The van der Waals surface area contributed by atoms with E-state index in [2.05, 4.69) is 30.1 Å². The summed E-state index contributed by atoms with van der Waals surface area (Å²) >= 11 is 6.34. The van der Waals surface area contributed by atoms with Gasteiger partial charge in [-0.25, -0.2) is 0 Å². The summed E-state index contributed by atoms with van der Waals surface area (Å²) in [6, 6.07) is 15.4. The van der Waals surface area contributed by atoms with Crippen LogP contribution in [0.25, 0.3) is 21.7 Å². The van der Waals surface area contributed by atoms with Crippen LogP contribution in [-0.2, 0) is 6.42 Å². The Hall–Kier alpha value is -3.18. The highest BCUT2D eigenvalue weighted by Gasteiger charge is 2.35. The van der Waals surface area contributed by atoms with Crippen molar-refractivity contribution >= 4 is 44.9 Å². The zero-order valence-corrected chi connectivity index (χ0v) is 18.9. The van der Waals surface area contributed by atoms with Gasteiger partial charge in [-0.2, -0.15) is 0 Å². The number of benzene rings is 3. The zero-order chi connectivity index (χ0) is 22.4. The summed E-state index contributed by atoms with van der Waals surface area (Å²) in [5.74, 6) is 1.04. The van der Waals surface area contributed by atoms with Crippen LogP contribution in [0, 0.1) is 0 Å². The van der Waals surface area contributed by atoms with E-state index >= 15 is 0 Å². The third-order valence-electron chi connectivity index (χ3n) is 6.33. The van der Waals surface area contributed by atoms with Gasteiger partial charge < -0.3 is 19.7 Å². The Morgan fingerprint density at radius 2 is 2.03 bits per heavy atom. The molecule has 3 aromatic carbocycles. The summed E-state index contributed by atoms with van der Waals surface area (Å²) in [5, 5.41) is 13.3. The number of amides is 1. The van der Waals surface area contributed by atoms with E-state index in [1.807, 2.05) is 24.3 Å². The number of aromatic nitrogens is 1. The molecule has 2 heterocycles. The molecule has 0 aliphatic carbocycles. The molecule has 5 rings (SSSR count). The molecule has 1 aliphatic rings. The van der Waals surface area contributed by atoms with Crippen LogP contribution in [0.2, 0.25) is 0 Å². The molecular weight excluding hydrogens is 424 g/mol. The van der Waals surface area contributed by atoms with Crippen LogP contribution in [0.5, 0.6) is 11.5 Å². The number of hydrogen-bond donors (Lipinski definition) is 2. The number of ether oxygens (including phenoxy) is 1. The van der Waals surface area contributed by atoms with Crippen LogP contribution >= 0.6 is 11.6 Å². The number of phenolic OH excluding ortho intramolecular Hbond substituents is 1. The normalized spacial score (nSPS) is 15.5. The lowest BCUT2D eigenvalue weighted by atomic mass is 9.95. The van der Waals surface area contributed by atoms with E-state index in [0.29, 0.717) is 29.6 Å². The van der Waals surface area contributed by atoms with Crippen molar-refractivity contribution in [3.63, 3.8) is 0 Å². The Labute approximate surface area is 191 Å². The van der Waals surface area contributed by atoms with Crippen molar-refractivity contribution in [3.8, 4) is 11.5 Å². The highest BCUT2D eigenvalue weighted by atomic mass is 35.5. The molecule has 0 radical (unpaired) electrons. The Morgan fingerprint density at radius 3 is 2.78 bits per heavy atom. The minimum Gasteiger partial charge on any atom is -0.507 e. The smallest absolute Gasteiger partial charge is 0.274 e. The number of halogens is 1.